The van der Waals surface area contributed by atoms with Crippen molar-refractivity contribution >= 4 is 17.6 Å². The van der Waals surface area contributed by atoms with Crippen LogP contribution in [0.1, 0.15) is 18.4 Å². The third-order valence-corrected chi connectivity index (χ3v) is 3.20. The van der Waals surface area contributed by atoms with Gasteiger partial charge in [-0.15, -0.1) is 0 Å². The Balaban J connectivity index is 1.59. The van der Waals surface area contributed by atoms with Crippen LogP contribution in [0.4, 0.5) is 5.69 Å². The molecule has 1 N–H and O–H groups in total. The predicted octanol–water partition coefficient (Wildman–Crippen LogP) is 3.34. The van der Waals surface area contributed by atoms with Gasteiger partial charge in [0.25, 0.3) is 5.91 Å². The van der Waals surface area contributed by atoms with Gasteiger partial charge in [0.15, 0.2) is 6.61 Å². The molecule has 0 bridgehead atoms. The van der Waals surface area contributed by atoms with Crippen LogP contribution in [0, 0.1) is 6.92 Å². The second-order valence-electron chi connectivity index (χ2n) is 5.34. The third kappa shape index (κ3) is 6.52. The highest BCUT2D eigenvalue weighted by Crippen LogP contribution is 2.10. The van der Waals surface area contributed by atoms with Crippen LogP contribution in [0.15, 0.2) is 54.6 Å². The number of hydrogen-bond donors (Lipinski definition) is 1. The van der Waals surface area contributed by atoms with E-state index in [2.05, 4.69) is 5.32 Å². The molecular weight excluding hydrogens is 306 g/mol. The average molecular weight is 327 g/mol. The zero-order valence-corrected chi connectivity index (χ0v) is 13.7. The van der Waals surface area contributed by atoms with Crippen molar-refractivity contribution in [2.45, 2.75) is 19.8 Å². The van der Waals surface area contributed by atoms with E-state index in [-0.39, 0.29) is 18.9 Å². The van der Waals surface area contributed by atoms with E-state index in [0.717, 1.165) is 11.3 Å². The summed E-state index contributed by atoms with van der Waals surface area (Å²) in [5.74, 6) is 0.00365. The number of carbonyl (C=O) groups excluding carboxylic acids is 2. The lowest BCUT2D eigenvalue weighted by Gasteiger charge is -2.08. The number of nitrogens with one attached hydrogen (secondary N) is 1. The van der Waals surface area contributed by atoms with E-state index in [1.807, 2.05) is 55.5 Å². The Hall–Kier alpha value is -2.82. The zero-order chi connectivity index (χ0) is 17.2. The van der Waals surface area contributed by atoms with E-state index in [1.54, 1.807) is 6.07 Å². The first-order valence-corrected chi connectivity index (χ1v) is 7.83. The predicted molar refractivity (Wildman–Crippen MR) is 91.9 cm³/mol. The van der Waals surface area contributed by atoms with Crippen molar-refractivity contribution in [1.29, 1.82) is 0 Å². The number of amides is 1. The molecule has 0 aromatic heterocycles. The number of ether oxygens (including phenoxy) is 2. The van der Waals surface area contributed by atoms with Gasteiger partial charge in [-0.2, -0.15) is 0 Å². The fourth-order valence-electron chi connectivity index (χ4n) is 2.06. The van der Waals surface area contributed by atoms with Crippen molar-refractivity contribution in [3.05, 3.63) is 60.2 Å². The van der Waals surface area contributed by atoms with Crippen LogP contribution in [0.2, 0.25) is 0 Å². The van der Waals surface area contributed by atoms with Gasteiger partial charge in [0.2, 0.25) is 0 Å². The van der Waals surface area contributed by atoms with Crippen molar-refractivity contribution in [2.24, 2.45) is 0 Å². The summed E-state index contributed by atoms with van der Waals surface area (Å²) in [4.78, 5) is 23.3. The van der Waals surface area contributed by atoms with Gasteiger partial charge in [-0.1, -0.05) is 30.3 Å². The van der Waals surface area contributed by atoms with Crippen molar-refractivity contribution in [3.8, 4) is 5.75 Å². The molecule has 0 spiro atoms. The van der Waals surface area contributed by atoms with E-state index >= 15 is 0 Å². The summed E-state index contributed by atoms with van der Waals surface area (Å²) in [6.07, 6.45) is 0.748. The van der Waals surface area contributed by atoms with E-state index < -0.39 is 5.97 Å². The van der Waals surface area contributed by atoms with E-state index in [1.165, 1.54) is 0 Å². The van der Waals surface area contributed by atoms with Crippen LogP contribution in [-0.2, 0) is 14.3 Å². The highest BCUT2D eigenvalue weighted by Gasteiger charge is 2.08. The smallest absolute Gasteiger partial charge is 0.306 e. The van der Waals surface area contributed by atoms with Gasteiger partial charge in [0.05, 0.1) is 6.61 Å². The molecular formula is C19H21NO4. The summed E-state index contributed by atoms with van der Waals surface area (Å²) < 4.78 is 10.4. The lowest BCUT2D eigenvalue weighted by molar-refractivity contribution is -0.147. The minimum atomic E-state index is -0.411. The first kappa shape index (κ1) is 17.5. The maximum absolute atomic E-state index is 11.7. The molecule has 0 saturated heterocycles. The van der Waals surface area contributed by atoms with Gasteiger partial charge >= 0.3 is 5.97 Å². The number of aryl methyl sites for hydroxylation is 1. The van der Waals surface area contributed by atoms with Gasteiger partial charge in [-0.25, -0.2) is 0 Å². The highest BCUT2D eigenvalue weighted by atomic mass is 16.5. The maximum atomic E-state index is 11.7. The summed E-state index contributed by atoms with van der Waals surface area (Å²) in [6.45, 7) is 2.08. The summed E-state index contributed by atoms with van der Waals surface area (Å²) in [5, 5.41) is 2.69. The first-order valence-electron chi connectivity index (χ1n) is 7.83. The fourth-order valence-corrected chi connectivity index (χ4v) is 2.06. The van der Waals surface area contributed by atoms with Crippen molar-refractivity contribution < 1.29 is 19.1 Å². The molecule has 5 nitrogen and oxygen atoms in total. The number of esters is 1. The topological polar surface area (TPSA) is 64.6 Å². The molecule has 126 valence electrons. The van der Waals surface area contributed by atoms with Crippen LogP contribution in [0.5, 0.6) is 5.75 Å². The molecule has 5 heteroatoms. The molecule has 2 aromatic carbocycles. The van der Waals surface area contributed by atoms with Gasteiger partial charge < -0.3 is 14.8 Å². The quantitative estimate of drug-likeness (QED) is 0.596. The molecule has 24 heavy (non-hydrogen) atoms. The van der Waals surface area contributed by atoms with E-state index in [4.69, 9.17) is 9.47 Å². The lowest BCUT2D eigenvalue weighted by atomic mass is 10.2. The van der Waals surface area contributed by atoms with Crippen molar-refractivity contribution in [2.75, 3.05) is 18.5 Å². The Morgan fingerprint density at radius 3 is 2.58 bits per heavy atom. The van der Waals surface area contributed by atoms with Gasteiger partial charge in [0, 0.05) is 12.1 Å². The van der Waals surface area contributed by atoms with E-state index in [0.29, 0.717) is 18.7 Å². The molecule has 1 amide bonds. The molecule has 0 unspecified atom stereocenters. The zero-order valence-electron chi connectivity index (χ0n) is 13.7. The minimum Gasteiger partial charge on any atom is -0.494 e. The number of benzene rings is 2. The van der Waals surface area contributed by atoms with Gasteiger partial charge in [-0.05, 0) is 43.2 Å². The van der Waals surface area contributed by atoms with Crippen molar-refractivity contribution in [1.82, 2.24) is 0 Å². The number of rotatable bonds is 8. The minimum absolute atomic E-state index is 0.213. The molecule has 0 aliphatic heterocycles. The highest BCUT2D eigenvalue weighted by molar-refractivity contribution is 5.92. The maximum Gasteiger partial charge on any atom is 0.306 e. The second kappa shape index (κ2) is 9.35. The Morgan fingerprint density at radius 1 is 1.04 bits per heavy atom. The van der Waals surface area contributed by atoms with Crippen LogP contribution >= 0.6 is 0 Å². The molecule has 0 fully saturated rings. The number of para-hydroxylation sites is 1. The molecule has 2 aromatic rings. The Labute approximate surface area is 141 Å². The molecule has 0 atom stereocenters. The van der Waals surface area contributed by atoms with Crippen LogP contribution in [0.3, 0.4) is 0 Å². The normalized spacial score (nSPS) is 10.0. The number of anilines is 1. The SMILES string of the molecule is Cc1cccc(NC(=O)COC(=O)CCCOc2ccccc2)c1. The van der Waals surface area contributed by atoms with Crippen molar-refractivity contribution in [3.63, 3.8) is 0 Å². The Bertz CT molecular complexity index is 670. The number of carbonyl (C=O) groups is 2. The Morgan fingerprint density at radius 2 is 1.83 bits per heavy atom. The van der Waals surface area contributed by atoms with Crippen LogP contribution < -0.4 is 10.1 Å². The average Bonchev–Trinajstić information content (AvgIpc) is 2.58. The lowest BCUT2D eigenvalue weighted by Crippen LogP contribution is -2.21. The van der Waals surface area contributed by atoms with Crippen LogP contribution in [0.25, 0.3) is 0 Å². The standard InChI is InChI=1S/C19H21NO4/c1-15-7-5-8-16(13-15)20-18(21)14-24-19(22)11-6-12-23-17-9-3-2-4-10-17/h2-5,7-10,13H,6,11-12,14H2,1H3,(H,20,21). The van der Waals surface area contributed by atoms with Gasteiger partial charge in [0.1, 0.15) is 5.75 Å². The largest absolute Gasteiger partial charge is 0.494 e. The molecule has 0 heterocycles. The molecule has 0 saturated carbocycles. The fraction of sp³-hybridized carbons (Fsp3) is 0.263. The molecule has 0 aliphatic rings. The van der Waals surface area contributed by atoms with Crippen LogP contribution in [-0.4, -0.2) is 25.1 Å². The number of hydrogen-bond acceptors (Lipinski definition) is 4. The van der Waals surface area contributed by atoms with E-state index in [9.17, 15) is 9.59 Å². The molecule has 2 rings (SSSR count). The monoisotopic (exact) mass is 327 g/mol. The summed E-state index contributed by atoms with van der Waals surface area (Å²) in [5.41, 5.74) is 1.73. The third-order valence-electron chi connectivity index (χ3n) is 3.20. The Kier molecular flexibility index (Phi) is 6.83. The summed E-state index contributed by atoms with van der Waals surface area (Å²) in [6, 6.07) is 16.8. The first-order chi connectivity index (χ1) is 11.6. The molecule has 0 aliphatic carbocycles. The molecule has 0 radical (unpaired) electrons. The summed E-state index contributed by atoms with van der Waals surface area (Å²) in [7, 11) is 0. The second-order valence-corrected chi connectivity index (χ2v) is 5.34. The summed E-state index contributed by atoms with van der Waals surface area (Å²) >= 11 is 0. The van der Waals surface area contributed by atoms with Gasteiger partial charge in [-0.3, -0.25) is 9.59 Å².